The first-order chi connectivity index (χ1) is 10.3. The SMILES string of the molecule is CC1(C)CC(O)CC(C)(CNc2cc(C#N)cc(C#N)c2)C1. The second-order valence-corrected chi connectivity index (χ2v) is 7.59. The standard InChI is InChI=1S/C18H23N3O/c1-17(2)7-16(22)8-18(3,11-17)12-21-15-5-13(9-19)4-14(6-15)10-20/h4-6,16,21-22H,7-8,11-12H2,1-3H3. The minimum Gasteiger partial charge on any atom is -0.393 e. The van der Waals surface area contributed by atoms with Crippen LogP contribution >= 0.6 is 0 Å². The summed E-state index contributed by atoms with van der Waals surface area (Å²) in [5, 5.41) is 31.5. The summed E-state index contributed by atoms with van der Waals surface area (Å²) >= 11 is 0. The summed E-state index contributed by atoms with van der Waals surface area (Å²) in [6.45, 7) is 7.28. The van der Waals surface area contributed by atoms with Crippen LogP contribution in [0.4, 0.5) is 5.69 Å². The maximum absolute atomic E-state index is 10.1. The number of aliphatic hydroxyl groups excluding tert-OH is 1. The zero-order chi connectivity index (χ0) is 16.4. The Bertz CT molecular complexity index is 606. The lowest BCUT2D eigenvalue weighted by Crippen LogP contribution is -2.42. The molecule has 2 rings (SSSR count). The molecular weight excluding hydrogens is 274 g/mol. The smallest absolute Gasteiger partial charge is 0.0992 e. The molecule has 2 unspecified atom stereocenters. The van der Waals surface area contributed by atoms with Crippen molar-refractivity contribution in [1.82, 2.24) is 0 Å². The van der Waals surface area contributed by atoms with Gasteiger partial charge >= 0.3 is 0 Å². The van der Waals surface area contributed by atoms with Crippen LogP contribution in [0.3, 0.4) is 0 Å². The van der Waals surface area contributed by atoms with Gasteiger partial charge in [0.1, 0.15) is 0 Å². The third-order valence-electron chi connectivity index (χ3n) is 4.33. The number of nitrogens with one attached hydrogen (secondary N) is 1. The highest BCUT2D eigenvalue weighted by Crippen LogP contribution is 2.46. The quantitative estimate of drug-likeness (QED) is 0.896. The van der Waals surface area contributed by atoms with E-state index in [0.29, 0.717) is 17.7 Å². The van der Waals surface area contributed by atoms with Crippen molar-refractivity contribution < 1.29 is 5.11 Å². The lowest BCUT2D eigenvalue weighted by atomic mass is 9.63. The summed E-state index contributed by atoms with van der Waals surface area (Å²) in [6, 6.07) is 9.26. The molecule has 1 saturated carbocycles. The fourth-order valence-corrected chi connectivity index (χ4v) is 3.89. The van der Waals surface area contributed by atoms with Gasteiger partial charge in [-0.15, -0.1) is 0 Å². The number of hydrogen-bond donors (Lipinski definition) is 2. The van der Waals surface area contributed by atoms with Crippen molar-refractivity contribution in [1.29, 1.82) is 10.5 Å². The highest BCUT2D eigenvalue weighted by Gasteiger charge is 2.40. The molecule has 4 nitrogen and oxygen atoms in total. The molecule has 0 heterocycles. The Hall–Kier alpha value is -2.04. The minimum absolute atomic E-state index is 0.00335. The normalized spacial score (nSPS) is 26.7. The van der Waals surface area contributed by atoms with Crippen molar-refractivity contribution in [3.05, 3.63) is 29.3 Å². The van der Waals surface area contributed by atoms with Crippen LogP contribution in [0.2, 0.25) is 0 Å². The molecule has 0 spiro atoms. The van der Waals surface area contributed by atoms with Crippen molar-refractivity contribution in [2.45, 2.75) is 46.1 Å². The average molecular weight is 297 g/mol. The molecule has 4 heteroatoms. The molecule has 0 radical (unpaired) electrons. The van der Waals surface area contributed by atoms with E-state index in [1.54, 1.807) is 18.2 Å². The van der Waals surface area contributed by atoms with E-state index in [1.165, 1.54) is 0 Å². The Morgan fingerprint density at radius 3 is 2.23 bits per heavy atom. The third-order valence-corrected chi connectivity index (χ3v) is 4.33. The minimum atomic E-state index is -0.268. The monoisotopic (exact) mass is 297 g/mol. The van der Waals surface area contributed by atoms with E-state index in [-0.39, 0.29) is 16.9 Å². The van der Waals surface area contributed by atoms with Crippen LogP contribution in [0.15, 0.2) is 18.2 Å². The summed E-state index contributed by atoms with van der Waals surface area (Å²) in [6.07, 6.45) is 2.38. The number of nitriles is 2. The number of aliphatic hydroxyl groups is 1. The highest BCUT2D eigenvalue weighted by atomic mass is 16.3. The van der Waals surface area contributed by atoms with Crippen molar-refractivity contribution in [3.8, 4) is 12.1 Å². The first-order valence-corrected chi connectivity index (χ1v) is 7.63. The largest absolute Gasteiger partial charge is 0.393 e. The predicted molar refractivity (Wildman–Crippen MR) is 86.1 cm³/mol. The van der Waals surface area contributed by atoms with Gasteiger partial charge in [0.15, 0.2) is 0 Å². The van der Waals surface area contributed by atoms with Gasteiger partial charge in [0.25, 0.3) is 0 Å². The molecule has 2 atom stereocenters. The third kappa shape index (κ3) is 4.00. The molecule has 1 aliphatic rings. The van der Waals surface area contributed by atoms with Crippen LogP contribution in [0, 0.1) is 33.5 Å². The molecule has 2 N–H and O–H groups in total. The van der Waals surface area contributed by atoms with Gasteiger partial charge in [-0.25, -0.2) is 0 Å². The molecule has 116 valence electrons. The number of rotatable bonds is 3. The van der Waals surface area contributed by atoms with E-state index >= 15 is 0 Å². The number of anilines is 1. The lowest BCUT2D eigenvalue weighted by Gasteiger charge is -2.45. The van der Waals surface area contributed by atoms with Gasteiger partial charge in [-0.1, -0.05) is 20.8 Å². The molecule has 1 fully saturated rings. The Balaban J connectivity index is 2.12. The Kier molecular flexibility index (Phi) is 4.44. The summed E-state index contributed by atoms with van der Waals surface area (Å²) in [7, 11) is 0. The van der Waals surface area contributed by atoms with Gasteiger partial charge in [-0.3, -0.25) is 0 Å². The van der Waals surface area contributed by atoms with Crippen molar-refractivity contribution in [2.24, 2.45) is 10.8 Å². The number of hydrogen-bond acceptors (Lipinski definition) is 4. The Morgan fingerprint density at radius 1 is 1.14 bits per heavy atom. The van der Waals surface area contributed by atoms with Gasteiger partial charge in [0.05, 0.1) is 29.4 Å². The second kappa shape index (κ2) is 5.99. The molecule has 0 amide bonds. The van der Waals surface area contributed by atoms with Crippen molar-refractivity contribution >= 4 is 5.69 Å². The molecule has 1 aromatic carbocycles. The van der Waals surface area contributed by atoms with Crippen LogP contribution in [-0.4, -0.2) is 17.8 Å². The van der Waals surface area contributed by atoms with Crippen molar-refractivity contribution in [2.75, 3.05) is 11.9 Å². The second-order valence-electron chi connectivity index (χ2n) is 7.59. The van der Waals surface area contributed by atoms with E-state index in [1.807, 2.05) is 0 Å². The van der Waals surface area contributed by atoms with E-state index in [4.69, 9.17) is 10.5 Å². The molecule has 1 aromatic rings. The molecule has 0 aromatic heterocycles. The van der Waals surface area contributed by atoms with Gasteiger partial charge in [0.2, 0.25) is 0 Å². The van der Waals surface area contributed by atoms with Gasteiger partial charge in [-0.05, 0) is 48.3 Å². The van der Waals surface area contributed by atoms with Crippen LogP contribution in [0.25, 0.3) is 0 Å². The molecule has 0 aliphatic heterocycles. The summed E-state index contributed by atoms with van der Waals surface area (Å²) in [4.78, 5) is 0. The highest BCUT2D eigenvalue weighted by molar-refractivity contribution is 5.55. The molecule has 0 saturated heterocycles. The molecule has 22 heavy (non-hydrogen) atoms. The Labute approximate surface area is 132 Å². The molecule has 1 aliphatic carbocycles. The average Bonchev–Trinajstić information content (AvgIpc) is 2.42. The number of nitrogens with zero attached hydrogens (tertiary/aromatic N) is 2. The predicted octanol–water partition coefficient (Wildman–Crippen LogP) is 3.42. The fourth-order valence-electron chi connectivity index (χ4n) is 3.89. The lowest BCUT2D eigenvalue weighted by molar-refractivity contribution is -0.00317. The maximum atomic E-state index is 10.1. The molecule has 0 bridgehead atoms. The van der Waals surface area contributed by atoms with E-state index in [2.05, 4.69) is 38.2 Å². The summed E-state index contributed by atoms with van der Waals surface area (Å²) in [5.74, 6) is 0. The van der Waals surface area contributed by atoms with Gasteiger partial charge < -0.3 is 10.4 Å². The van der Waals surface area contributed by atoms with E-state index in [0.717, 1.165) is 24.9 Å². The van der Waals surface area contributed by atoms with Gasteiger partial charge in [-0.2, -0.15) is 10.5 Å². The zero-order valence-electron chi connectivity index (χ0n) is 13.5. The van der Waals surface area contributed by atoms with E-state index < -0.39 is 0 Å². The summed E-state index contributed by atoms with van der Waals surface area (Å²) < 4.78 is 0. The van der Waals surface area contributed by atoms with Crippen LogP contribution < -0.4 is 5.32 Å². The van der Waals surface area contributed by atoms with Crippen molar-refractivity contribution in [3.63, 3.8) is 0 Å². The zero-order valence-corrected chi connectivity index (χ0v) is 13.5. The topological polar surface area (TPSA) is 79.8 Å². The maximum Gasteiger partial charge on any atom is 0.0992 e. The molecular formula is C18H23N3O. The first kappa shape index (κ1) is 16.3. The van der Waals surface area contributed by atoms with Crippen LogP contribution in [-0.2, 0) is 0 Å². The van der Waals surface area contributed by atoms with Crippen LogP contribution in [0.5, 0.6) is 0 Å². The van der Waals surface area contributed by atoms with Crippen LogP contribution in [0.1, 0.15) is 51.2 Å². The first-order valence-electron chi connectivity index (χ1n) is 7.63. The number of benzene rings is 1. The summed E-state index contributed by atoms with van der Waals surface area (Å²) in [5.41, 5.74) is 1.87. The van der Waals surface area contributed by atoms with E-state index in [9.17, 15) is 5.11 Å². The van der Waals surface area contributed by atoms with Gasteiger partial charge in [0, 0.05) is 12.2 Å². The fraction of sp³-hybridized carbons (Fsp3) is 0.556. The Morgan fingerprint density at radius 2 is 1.73 bits per heavy atom.